The van der Waals surface area contributed by atoms with Crippen LogP contribution in [-0.2, 0) is 6.54 Å². The molecule has 0 saturated carbocycles. The summed E-state index contributed by atoms with van der Waals surface area (Å²) < 4.78 is 4.22. The van der Waals surface area contributed by atoms with Gasteiger partial charge in [0.1, 0.15) is 6.33 Å². The number of fused-ring (bicyclic) bond motifs is 2. The number of hydrogen-bond donors (Lipinski definition) is 1. The monoisotopic (exact) mass is 297 g/mol. The zero-order valence-electron chi connectivity index (χ0n) is 11.7. The van der Waals surface area contributed by atoms with Gasteiger partial charge in [-0.2, -0.15) is 0 Å². The Morgan fingerprint density at radius 3 is 3.10 bits per heavy atom. The molecule has 0 aliphatic heterocycles. The zero-order chi connectivity index (χ0) is 14.2. The lowest BCUT2D eigenvalue weighted by Crippen LogP contribution is -2.15. The van der Waals surface area contributed by atoms with E-state index in [0.29, 0.717) is 0 Å². The molecule has 1 aromatic carbocycles. The van der Waals surface area contributed by atoms with Crippen LogP contribution in [0.15, 0.2) is 42.2 Å². The third-order valence-corrected chi connectivity index (χ3v) is 4.32. The van der Waals surface area contributed by atoms with E-state index in [9.17, 15) is 0 Å². The minimum Gasteiger partial charge on any atom is -0.311 e. The highest BCUT2D eigenvalue weighted by atomic mass is 32.1. The van der Waals surface area contributed by atoms with E-state index >= 15 is 0 Å². The van der Waals surface area contributed by atoms with Gasteiger partial charge in [0.2, 0.25) is 0 Å². The summed E-state index contributed by atoms with van der Waals surface area (Å²) in [4.78, 5) is 10.3. The summed E-state index contributed by atoms with van der Waals surface area (Å²) in [5, 5.41) is 5.46. The Morgan fingerprint density at radius 1 is 1.29 bits per heavy atom. The molecule has 6 heteroatoms. The molecule has 0 fully saturated rings. The van der Waals surface area contributed by atoms with Crippen LogP contribution in [0.2, 0.25) is 0 Å². The van der Waals surface area contributed by atoms with E-state index in [1.807, 2.05) is 24.5 Å². The fourth-order valence-electron chi connectivity index (χ4n) is 2.55. The lowest BCUT2D eigenvalue weighted by molar-refractivity contribution is 0.702. The first-order valence-corrected chi connectivity index (χ1v) is 7.84. The standard InChI is InChI=1S/C15H15N5S/c1-2-16-9-13-14(18-15-19(13)7-8-21-15)20-10-17-11-5-3-4-6-12(11)20/h3-8,10,16H,2,9H2,1H3. The van der Waals surface area contributed by atoms with Crippen LogP contribution in [0.1, 0.15) is 12.6 Å². The summed E-state index contributed by atoms with van der Waals surface area (Å²) in [5.41, 5.74) is 3.24. The zero-order valence-corrected chi connectivity index (χ0v) is 12.5. The molecule has 0 spiro atoms. The maximum absolute atomic E-state index is 4.78. The molecule has 0 aliphatic rings. The van der Waals surface area contributed by atoms with Gasteiger partial charge in [-0.1, -0.05) is 19.1 Å². The first kappa shape index (κ1) is 12.6. The molecule has 21 heavy (non-hydrogen) atoms. The number of para-hydroxylation sites is 2. The highest BCUT2D eigenvalue weighted by Gasteiger charge is 2.16. The Hall–Kier alpha value is -2.18. The number of thiazole rings is 1. The van der Waals surface area contributed by atoms with E-state index in [1.54, 1.807) is 11.3 Å². The third kappa shape index (κ3) is 1.95. The summed E-state index contributed by atoms with van der Waals surface area (Å²) in [7, 11) is 0. The van der Waals surface area contributed by atoms with E-state index in [-0.39, 0.29) is 0 Å². The maximum Gasteiger partial charge on any atom is 0.195 e. The lowest BCUT2D eigenvalue weighted by Gasteiger charge is -2.06. The number of imidazole rings is 2. The van der Waals surface area contributed by atoms with Gasteiger partial charge >= 0.3 is 0 Å². The topological polar surface area (TPSA) is 47.2 Å². The van der Waals surface area contributed by atoms with Crippen molar-refractivity contribution < 1.29 is 0 Å². The average Bonchev–Trinajstić information content (AvgIpc) is 3.18. The van der Waals surface area contributed by atoms with Crippen molar-refractivity contribution in [1.82, 2.24) is 24.3 Å². The van der Waals surface area contributed by atoms with Crippen LogP contribution < -0.4 is 5.32 Å². The van der Waals surface area contributed by atoms with Crippen molar-refractivity contribution in [2.75, 3.05) is 6.54 Å². The molecular formula is C15H15N5S. The van der Waals surface area contributed by atoms with Crippen LogP contribution in [0.3, 0.4) is 0 Å². The fraction of sp³-hybridized carbons (Fsp3) is 0.200. The van der Waals surface area contributed by atoms with Crippen LogP contribution in [0, 0.1) is 0 Å². The van der Waals surface area contributed by atoms with Crippen molar-refractivity contribution in [2.45, 2.75) is 13.5 Å². The second-order valence-corrected chi connectivity index (χ2v) is 5.69. The summed E-state index contributed by atoms with van der Waals surface area (Å²) in [6.07, 6.45) is 3.93. The second kappa shape index (κ2) is 4.98. The van der Waals surface area contributed by atoms with Crippen molar-refractivity contribution in [3.05, 3.63) is 47.9 Å². The van der Waals surface area contributed by atoms with Crippen molar-refractivity contribution in [3.63, 3.8) is 0 Å². The Kier molecular flexibility index (Phi) is 2.98. The van der Waals surface area contributed by atoms with Crippen LogP contribution >= 0.6 is 11.3 Å². The van der Waals surface area contributed by atoms with E-state index < -0.39 is 0 Å². The molecular weight excluding hydrogens is 282 g/mol. The van der Waals surface area contributed by atoms with Gasteiger partial charge in [0, 0.05) is 18.1 Å². The van der Waals surface area contributed by atoms with Crippen LogP contribution in [0.4, 0.5) is 0 Å². The van der Waals surface area contributed by atoms with Crippen LogP contribution in [-0.4, -0.2) is 25.5 Å². The van der Waals surface area contributed by atoms with Gasteiger partial charge in [-0.05, 0) is 18.7 Å². The molecule has 0 radical (unpaired) electrons. The summed E-state index contributed by atoms with van der Waals surface area (Å²) in [5.74, 6) is 0.955. The number of aromatic nitrogens is 4. The largest absolute Gasteiger partial charge is 0.311 e. The van der Waals surface area contributed by atoms with Gasteiger partial charge < -0.3 is 5.32 Å². The Balaban J connectivity index is 1.94. The molecule has 0 amide bonds. The molecule has 3 heterocycles. The van der Waals surface area contributed by atoms with Gasteiger partial charge in [0.05, 0.1) is 16.7 Å². The quantitative estimate of drug-likeness (QED) is 0.630. The van der Waals surface area contributed by atoms with Crippen molar-refractivity contribution in [3.8, 4) is 5.82 Å². The van der Waals surface area contributed by atoms with Crippen molar-refractivity contribution >= 4 is 27.3 Å². The van der Waals surface area contributed by atoms with Gasteiger partial charge in [0.25, 0.3) is 0 Å². The van der Waals surface area contributed by atoms with Gasteiger partial charge in [0.15, 0.2) is 10.8 Å². The molecule has 0 bridgehead atoms. The van der Waals surface area contributed by atoms with E-state index in [0.717, 1.165) is 40.6 Å². The average molecular weight is 297 g/mol. The highest BCUT2D eigenvalue weighted by molar-refractivity contribution is 7.15. The third-order valence-electron chi connectivity index (χ3n) is 3.56. The molecule has 0 atom stereocenters. The predicted octanol–water partition coefficient (Wildman–Crippen LogP) is 2.84. The molecule has 106 valence electrons. The van der Waals surface area contributed by atoms with Crippen molar-refractivity contribution in [1.29, 1.82) is 0 Å². The Bertz CT molecular complexity index is 901. The first-order chi connectivity index (χ1) is 10.4. The predicted molar refractivity (Wildman–Crippen MR) is 85.1 cm³/mol. The van der Waals surface area contributed by atoms with Gasteiger partial charge in [-0.3, -0.25) is 8.97 Å². The summed E-state index contributed by atoms with van der Waals surface area (Å²) in [6, 6.07) is 8.13. The van der Waals surface area contributed by atoms with Gasteiger partial charge in [-0.15, -0.1) is 11.3 Å². The molecule has 4 rings (SSSR count). The Morgan fingerprint density at radius 2 is 2.19 bits per heavy atom. The fourth-order valence-corrected chi connectivity index (χ4v) is 3.28. The molecule has 0 unspecified atom stereocenters. The number of benzene rings is 1. The van der Waals surface area contributed by atoms with Crippen LogP contribution in [0.5, 0.6) is 0 Å². The van der Waals surface area contributed by atoms with E-state index in [1.165, 1.54) is 0 Å². The Labute approximate surface area is 125 Å². The number of rotatable bonds is 4. The second-order valence-electron chi connectivity index (χ2n) is 4.82. The minimum atomic E-state index is 0.788. The SMILES string of the molecule is CCNCc1c(-n2cnc3ccccc32)nc2sccn12. The summed E-state index contributed by atoms with van der Waals surface area (Å²) in [6.45, 7) is 3.83. The molecule has 1 N–H and O–H groups in total. The van der Waals surface area contributed by atoms with Gasteiger partial charge in [-0.25, -0.2) is 9.97 Å². The minimum absolute atomic E-state index is 0.788. The molecule has 0 saturated heterocycles. The summed E-state index contributed by atoms with van der Waals surface area (Å²) >= 11 is 1.65. The normalized spacial score (nSPS) is 11.7. The first-order valence-electron chi connectivity index (χ1n) is 6.96. The molecule has 0 aliphatic carbocycles. The van der Waals surface area contributed by atoms with Crippen molar-refractivity contribution in [2.24, 2.45) is 0 Å². The smallest absolute Gasteiger partial charge is 0.195 e. The number of hydrogen-bond acceptors (Lipinski definition) is 4. The van der Waals surface area contributed by atoms with E-state index in [2.05, 4.69) is 43.8 Å². The molecule has 3 aromatic heterocycles. The molecule has 4 aromatic rings. The highest BCUT2D eigenvalue weighted by Crippen LogP contribution is 2.24. The number of nitrogens with zero attached hydrogens (tertiary/aromatic N) is 4. The molecule has 5 nitrogen and oxygen atoms in total. The lowest BCUT2D eigenvalue weighted by atomic mass is 10.3. The maximum atomic E-state index is 4.78. The van der Waals surface area contributed by atoms with Crippen LogP contribution in [0.25, 0.3) is 21.8 Å². The number of nitrogens with one attached hydrogen (secondary N) is 1. The van der Waals surface area contributed by atoms with E-state index in [4.69, 9.17) is 4.98 Å².